The quantitative estimate of drug-likeness (QED) is 0.691. The zero-order chi connectivity index (χ0) is 18.2. The van der Waals surface area contributed by atoms with Crippen molar-refractivity contribution >= 4 is 5.91 Å². The maximum Gasteiger partial charge on any atom is 0.227 e. The second-order valence-electron chi connectivity index (χ2n) is 6.39. The molecule has 4 nitrogen and oxygen atoms in total. The highest BCUT2D eigenvalue weighted by Crippen LogP contribution is 2.22. The number of hydrogen-bond donors (Lipinski definition) is 3. The Labute approximate surface area is 150 Å². The average Bonchev–Trinajstić information content (AvgIpc) is 2.65. The molecule has 1 amide bonds. The van der Waals surface area contributed by atoms with Crippen molar-refractivity contribution in [3.63, 3.8) is 0 Å². The minimum Gasteiger partial charge on any atom is -0.352 e. The van der Waals surface area contributed by atoms with Gasteiger partial charge in [-0.15, -0.1) is 0 Å². The van der Waals surface area contributed by atoms with E-state index in [0.29, 0.717) is 19.6 Å². The first-order valence-corrected chi connectivity index (χ1v) is 8.96. The van der Waals surface area contributed by atoms with Crippen molar-refractivity contribution in [2.45, 2.75) is 45.7 Å². The van der Waals surface area contributed by atoms with Gasteiger partial charge >= 0.3 is 0 Å². The first kappa shape index (κ1) is 19.2. The van der Waals surface area contributed by atoms with E-state index in [0.717, 1.165) is 29.5 Å². The fraction of sp³-hybridized carbons (Fsp3) is 0.381. The van der Waals surface area contributed by atoms with Crippen molar-refractivity contribution in [2.75, 3.05) is 6.54 Å². The summed E-state index contributed by atoms with van der Waals surface area (Å²) >= 11 is 0. The molecule has 0 unspecified atom stereocenters. The number of nitrogens with two attached hydrogens (primary N) is 2. The van der Waals surface area contributed by atoms with Gasteiger partial charge in [0.25, 0.3) is 0 Å². The molecule has 4 heteroatoms. The van der Waals surface area contributed by atoms with Crippen LogP contribution in [0.2, 0.25) is 0 Å². The maximum absolute atomic E-state index is 12.6. The largest absolute Gasteiger partial charge is 0.352 e. The lowest BCUT2D eigenvalue weighted by Gasteiger charge is -2.17. The average molecular weight is 339 g/mol. The van der Waals surface area contributed by atoms with Crippen LogP contribution in [0.15, 0.2) is 42.5 Å². The second-order valence-corrected chi connectivity index (χ2v) is 6.39. The molecular formula is C21H29N3O. The van der Waals surface area contributed by atoms with Crippen molar-refractivity contribution in [3.05, 3.63) is 70.3 Å². The van der Waals surface area contributed by atoms with E-state index in [1.165, 1.54) is 11.1 Å². The summed E-state index contributed by atoms with van der Waals surface area (Å²) in [7, 11) is 0. The van der Waals surface area contributed by atoms with Gasteiger partial charge in [-0.1, -0.05) is 49.4 Å². The molecule has 0 saturated heterocycles. The van der Waals surface area contributed by atoms with Crippen LogP contribution in [-0.4, -0.2) is 12.5 Å². The molecule has 5 N–H and O–H groups in total. The van der Waals surface area contributed by atoms with Gasteiger partial charge in [-0.3, -0.25) is 4.79 Å². The van der Waals surface area contributed by atoms with Crippen LogP contribution in [0.4, 0.5) is 0 Å². The summed E-state index contributed by atoms with van der Waals surface area (Å²) in [5, 5.41) is 3.04. The Morgan fingerprint density at radius 2 is 1.84 bits per heavy atom. The number of hydrogen-bond acceptors (Lipinski definition) is 3. The van der Waals surface area contributed by atoms with Crippen LogP contribution < -0.4 is 16.8 Å². The van der Waals surface area contributed by atoms with Gasteiger partial charge in [-0.2, -0.15) is 0 Å². The molecule has 2 aromatic carbocycles. The third-order valence-corrected chi connectivity index (χ3v) is 4.57. The molecule has 0 fully saturated rings. The molecule has 0 heterocycles. The molecule has 1 atom stereocenters. The zero-order valence-corrected chi connectivity index (χ0v) is 15.2. The summed E-state index contributed by atoms with van der Waals surface area (Å²) < 4.78 is 0. The van der Waals surface area contributed by atoms with Gasteiger partial charge in [0.2, 0.25) is 5.91 Å². The number of nitrogens with one attached hydrogen (secondary N) is 1. The van der Waals surface area contributed by atoms with Crippen LogP contribution in [0.25, 0.3) is 0 Å². The topological polar surface area (TPSA) is 81.1 Å². The smallest absolute Gasteiger partial charge is 0.227 e. The van der Waals surface area contributed by atoms with Crippen LogP contribution in [0.1, 0.15) is 47.6 Å². The molecule has 0 spiro atoms. The van der Waals surface area contributed by atoms with E-state index in [1.54, 1.807) is 0 Å². The third-order valence-electron chi connectivity index (χ3n) is 4.57. The summed E-state index contributed by atoms with van der Waals surface area (Å²) in [6.07, 6.45) is 1.77. The molecule has 0 saturated carbocycles. The standard InChI is InChI=1S/C21H29N3O/c1-3-19-12-16(9-10-22)7-8-20(19)15(2)21(25)24-14-18-6-4-5-17(11-18)13-23/h4-8,11-12,15H,3,9-10,13-14,22-23H2,1-2H3,(H,24,25)/t15-/m1/s1. The fourth-order valence-corrected chi connectivity index (χ4v) is 3.06. The van der Waals surface area contributed by atoms with Gasteiger partial charge in [0.05, 0.1) is 5.92 Å². The first-order chi connectivity index (χ1) is 12.1. The van der Waals surface area contributed by atoms with Gasteiger partial charge in [-0.05, 0) is 54.1 Å². The second kappa shape index (κ2) is 9.35. The highest BCUT2D eigenvalue weighted by molar-refractivity contribution is 5.83. The van der Waals surface area contributed by atoms with Gasteiger partial charge in [0, 0.05) is 13.1 Å². The molecule has 0 aliphatic carbocycles. The minimum absolute atomic E-state index is 0.0411. The van der Waals surface area contributed by atoms with Crippen molar-refractivity contribution in [2.24, 2.45) is 11.5 Å². The van der Waals surface area contributed by atoms with E-state index < -0.39 is 0 Å². The number of aryl methyl sites for hydroxylation is 1. The molecule has 134 valence electrons. The summed E-state index contributed by atoms with van der Waals surface area (Å²) in [6.45, 7) is 5.74. The number of amides is 1. The molecule has 25 heavy (non-hydrogen) atoms. The van der Waals surface area contributed by atoms with E-state index in [4.69, 9.17) is 11.5 Å². The first-order valence-electron chi connectivity index (χ1n) is 8.96. The van der Waals surface area contributed by atoms with Crippen molar-refractivity contribution in [1.82, 2.24) is 5.32 Å². The number of benzene rings is 2. The lowest BCUT2D eigenvalue weighted by Crippen LogP contribution is -2.28. The molecule has 0 bridgehead atoms. The van der Waals surface area contributed by atoms with E-state index in [2.05, 4.69) is 30.4 Å². The summed E-state index contributed by atoms with van der Waals surface area (Å²) in [4.78, 5) is 12.6. The summed E-state index contributed by atoms with van der Waals surface area (Å²) in [5.41, 5.74) is 17.0. The van der Waals surface area contributed by atoms with Gasteiger partial charge in [0.1, 0.15) is 0 Å². The number of carbonyl (C=O) groups excluding carboxylic acids is 1. The molecule has 0 aromatic heterocycles. The van der Waals surface area contributed by atoms with Gasteiger partial charge in [0.15, 0.2) is 0 Å². The number of rotatable bonds is 8. The normalized spacial score (nSPS) is 12.0. The van der Waals surface area contributed by atoms with Gasteiger partial charge in [-0.25, -0.2) is 0 Å². The molecule has 2 aromatic rings. The lowest BCUT2D eigenvalue weighted by atomic mass is 9.91. The lowest BCUT2D eigenvalue weighted by molar-refractivity contribution is -0.122. The molecule has 2 rings (SSSR count). The van der Waals surface area contributed by atoms with Crippen LogP contribution in [0, 0.1) is 0 Å². The zero-order valence-electron chi connectivity index (χ0n) is 15.2. The third kappa shape index (κ3) is 5.15. The summed E-state index contributed by atoms with van der Waals surface area (Å²) in [5.74, 6) is -0.140. The Balaban J connectivity index is 2.06. The van der Waals surface area contributed by atoms with Crippen LogP contribution in [0.3, 0.4) is 0 Å². The SMILES string of the molecule is CCc1cc(CCN)ccc1[C@@H](C)C(=O)NCc1cccc(CN)c1. The predicted octanol–water partition coefficient (Wildman–Crippen LogP) is 2.63. The Morgan fingerprint density at radius 1 is 1.08 bits per heavy atom. The fourth-order valence-electron chi connectivity index (χ4n) is 3.06. The minimum atomic E-state index is -0.181. The Morgan fingerprint density at radius 3 is 2.52 bits per heavy atom. The molecule has 0 aliphatic rings. The van der Waals surface area contributed by atoms with Crippen LogP contribution >= 0.6 is 0 Å². The van der Waals surface area contributed by atoms with E-state index >= 15 is 0 Å². The molecular weight excluding hydrogens is 310 g/mol. The summed E-state index contributed by atoms with van der Waals surface area (Å²) in [6, 6.07) is 14.3. The van der Waals surface area contributed by atoms with Crippen LogP contribution in [-0.2, 0) is 30.7 Å². The van der Waals surface area contributed by atoms with Crippen molar-refractivity contribution < 1.29 is 4.79 Å². The van der Waals surface area contributed by atoms with E-state index in [1.807, 2.05) is 31.2 Å². The van der Waals surface area contributed by atoms with Crippen LogP contribution in [0.5, 0.6) is 0 Å². The molecule has 0 radical (unpaired) electrons. The van der Waals surface area contributed by atoms with Crippen molar-refractivity contribution in [1.29, 1.82) is 0 Å². The van der Waals surface area contributed by atoms with Gasteiger partial charge < -0.3 is 16.8 Å². The van der Waals surface area contributed by atoms with Crippen molar-refractivity contribution in [3.8, 4) is 0 Å². The monoisotopic (exact) mass is 339 g/mol. The highest BCUT2D eigenvalue weighted by Gasteiger charge is 2.18. The van der Waals surface area contributed by atoms with E-state index in [9.17, 15) is 4.79 Å². The molecule has 0 aliphatic heterocycles. The Hall–Kier alpha value is -2.17. The highest BCUT2D eigenvalue weighted by atomic mass is 16.1. The maximum atomic E-state index is 12.6. The Kier molecular flexibility index (Phi) is 7.16. The van der Waals surface area contributed by atoms with E-state index in [-0.39, 0.29) is 11.8 Å². The number of carbonyl (C=O) groups is 1. The Bertz CT molecular complexity index is 712. The predicted molar refractivity (Wildman–Crippen MR) is 103 cm³/mol.